The molecule has 8 heteroatoms. The molecule has 1 atom stereocenters. The van der Waals surface area contributed by atoms with E-state index >= 15 is 0 Å². The Kier molecular flexibility index (Phi) is 5.41. The molecule has 8 nitrogen and oxygen atoms in total. The van der Waals surface area contributed by atoms with Crippen molar-refractivity contribution in [3.63, 3.8) is 0 Å². The first kappa shape index (κ1) is 18.2. The van der Waals surface area contributed by atoms with Gasteiger partial charge in [-0.3, -0.25) is 9.69 Å². The molecule has 140 valence electrons. The van der Waals surface area contributed by atoms with Crippen molar-refractivity contribution < 1.29 is 18.8 Å². The molecule has 1 unspecified atom stereocenters. The Morgan fingerprint density at radius 3 is 2.65 bits per heavy atom. The third kappa shape index (κ3) is 3.65. The molecule has 0 bridgehead atoms. The van der Waals surface area contributed by atoms with Crippen molar-refractivity contribution in [1.82, 2.24) is 19.9 Å². The molecule has 0 fully saturated rings. The van der Waals surface area contributed by atoms with E-state index in [-0.39, 0.29) is 19.2 Å². The van der Waals surface area contributed by atoms with Crippen LogP contribution in [0.15, 0.2) is 22.7 Å². The summed E-state index contributed by atoms with van der Waals surface area (Å²) < 4.78 is 16.0. The molecule has 3 rings (SSSR count). The molecule has 1 aromatic carbocycles. The number of amides is 1. The number of hydrogen-bond donors (Lipinski definition) is 0. The lowest BCUT2D eigenvalue weighted by Gasteiger charge is -2.29. The van der Waals surface area contributed by atoms with Crippen molar-refractivity contribution in [3.05, 3.63) is 35.5 Å². The molecule has 1 amide bonds. The van der Waals surface area contributed by atoms with Crippen LogP contribution in [0.3, 0.4) is 0 Å². The molecule has 0 radical (unpaired) electrons. The van der Waals surface area contributed by atoms with Gasteiger partial charge in [-0.25, -0.2) is 0 Å². The van der Waals surface area contributed by atoms with Crippen LogP contribution >= 0.6 is 0 Å². The molecule has 2 heterocycles. The van der Waals surface area contributed by atoms with E-state index in [1.807, 2.05) is 51.0 Å². The second-order valence-corrected chi connectivity index (χ2v) is 6.29. The summed E-state index contributed by atoms with van der Waals surface area (Å²) in [7, 11) is 3.76. The first-order chi connectivity index (χ1) is 12.5. The van der Waals surface area contributed by atoms with Gasteiger partial charge >= 0.3 is 0 Å². The van der Waals surface area contributed by atoms with Crippen LogP contribution in [-0.2, 0) is 17.8 Å². The van der Waals surface area contributed by atoms with Crippen LogP contribution in [0.5, 0.6) is 11.5 Å². The molecule has 1 aromatic heterocycles. The normalized spacial score (nSPS) is 13.9. The average molecular weight is 360 g/mol. The summed E-state index contributed by atoms with van der Waals surface area (Å²) in [6.45, 7) is 4.92. The van der Waals surface area contributed by atoms with E-state index in [1.165, 1.54) is 0 Å². The first-order valence-corrected chi connectivity index (χ1v) is 8.69. The van der Waals surface area contributed by atoms with Gasteiger partial charge in [0.1, 0.15) is 12.6 Å². The van der Waals surface area contributed by atoms with Gasteiger partial charge in [-0.05, 0) is 38.7 Å². The first-order valence-electron chi connectivity index (χ1n) is 8.69. The van der Waals surface area contributed by atoms with Crippen LogP contribution in [-0.4, -0.2) is 53.3 Å². The Bertz CT molecular complexity index is 774. The molecule has 0 aliphatic carbocycles. The molecule has 1 aliphatic heterocycles. The zero-order chi connectivity index (χ0) is 18.7. The largest absolute Gasteiger partial charge is 0.454 e. The highest BCUT2D eigenvalue weighted by Crippen LogP contribution is 2.35. The van der Waals surface area contributed by atoms with E-state index in [9.17, 15) is 4.79 Å². The van der Waals surface area contributed by atoms with E-state index in [0.29, 0.717) is 36.2 Å². The summed E-state index contributed by atoms with van der Waals surface area (Å²) in [6.07, 6.45) is 0.696. The molecular weight excluding hydrogens is 336 g/mol. The van der Waals surface area contributed by atoms with Gasteiger partial charge in [0.2, 0.25) is 18.6 Å². The molecule has 2 aromatic rings. The quantitative estimate of drug-likeness (QED) is 0.747. The fraction of sp³-hybridized carbons (Fsp3) is 0.500. The molecule has 0 saturated heterocycles. The predicted molar refractivity (Wildman–Crippen MR) is 93.8 cm³/mol. The predicted octanol–water partition coefficient (Wildman–Crippen LogP) is 2.01. The Balaban J connectivity index is 1.82. The zero-order valence-corrected chi connectivity index (χ0v) is 15.6. The highest BCUT2D eigenvalue weighted by atomic mass is 16.7. The number of hydrogen-bond acceptors (Lipinski definition) is 7. The van der Waals surface area contributed by atoms with Crippen molar-refractivity contribution in [2.75, 3.05) is 27.4 Å². The van der Waals surface area contributed by atoms with E-state index in [0.717, 1.165) is 5.56 Å². The minimum absolute atomic E-state index is 0.0346. The summed E-state index contributed by atoms with van der Waals surface area (Å²) >= 11 is 0. The van der Waals surface area contributed by atoms with Crippen LogP contribution < -0.4 is 9.47 Å². The van der Waals surface area contributed by atoms with Gasteiger partial charge in [0.25, 0.3) is 0 Å². The number of carbonyl (C=O) groups is 1. The molecular formula is C18H24N4O4. The van der Waals surface area contributed by atoms with Gasteiger partial charge < -0.3 is 18.9 Å². The highest BCUT2D eigenvalue weighted by Gasteiger charge is 2.29. The third-order valence-corrected chi connectivity index (χ3v) is 4.31. The molecule has 1 aliphatic rings. The maximum absolute atomic E-state index is 13.2. The topological polar surface area (TPSA) is 80.9 Å². The number of fused-ring (bicyclic) bond motifs is 1. The lowest BCUT2D eigenvalue weighted by molar-refractivity contribution is -0.137. The number of aromatic nitrogens is 2. The van der Waals surface area contributed by atoms with Crippen LogP contribution in [0, 0.1) is 0 Å². The fourth-order valence-electron chi connectivity index (χ4n) is 2.92. The number of likely N-dealkylation sites (N-methyl/N-ethyl adjacent to an activating group) is 2. The Hall–Kier alpha value is -2.61. The van der Waals surface area contributed by atoms with E-state index in [2.05, 4.69) is 10.1 Å². The monoisotopic (exact) mass is 360 g/mol. The third-order valence-electron chi connectivity index (χ3n) is 4.31. The van der Waals surface area contributed by atoms with Crippen LogP contribution in [0.4, 0.5) is 0 Å². The van der Waals surface area contributed by atoms with Gasteiger partial charge in [0, 0.05) is 13.0 Å². The van der Waals surface area contributed by atoms with Crippen LogP contribution in [0.2, 0.25) is 0 Å². The van der Waals surface area contributed by atoms with Crippen molar-refractivity contribution in [1.29, 1.82) is 0 Å². The maximum Gasteiger partial charge on any atom is 0.246 e. The van der Waals surface area contributed by atoms with Crippen molar-refractivity contribution in [3.8, 4) is 11.5 Å². The van der Waals surface area contributed by atoms with Crippen LogP contribution in [0.25, 0.3) is 0 Å². The van der Waals surface area contributed by atoms with Gasteiger partial charge in [-0.2, -0.15) is 4.98 Å². The second-order valence-electron chi connectivity index (χ2n) is 6.29. The molecule has 0 spiro atoms. The minimum atomic E-state index is -0.446. The Morgan fingerprint density at radius 1 is 1.23 bits per heavy atom. The summed E-state index contributed by atoms with van der Waals surface area (Å²) in [4.78, 5) is 21.1. The highest BCUT2D eigenvalue weighted by molar-refractivity contribution is 5.83. The summed E-state index contributed by atoms with van der Waals surface area (Å²) in [5, 5.41) is 3.89. The molecule has 0 N–H and O–H groups in total. The zero-order valence-electron chi connectivity index (χ0n) is 15.6. The number of carbonyl (C=O) groups excluding carboxylic acids is 1. The van der Waals surface area contributed by atoms with E-state index < -0.39 is 6.04 Å². The van der Waals surface area contributed by atoms with Crippen molar-refractivity contribution in [2.24, 2.45) is 0 Å². The minimum Gasteiger partial charge on any atom is -0.454 e. The number of nitrogens with zero attached hydrogens (tertiary/aromatic N) is 4. The lowest BCUT2D eigenvalue weighted by Crippen LogP contribution is -2.40. The van der Waals surface area contributed by atoms with E-state index in [1.54, 1.807) is 4.90 Å². The standard InChI is InChI=1S/C18H24N4O4/c1-5-15-19-16(26-20-15)10-22(6-2)18(23)17(21(3)4)12-7-8-13-14(9-12)25-11-24-13/h7-9,17H,5-6,10-11H2,1-4H3. The Morgan fingerprint density at radius 2 is 2.00 bits per heavy atom. The maximum atomic E-state index is 13.2. The number of benzene rings is 1. The second kappa shape index (κ2) is 7.74. The summed E-state index contributed by atoms with van der Waals surface area (Å²) in [5.41, 5.74) is 0.850. The van der Waals surface area contributed by atoms with Crippen molar-refractivity contribution >= 4 is 5.91 Å². The van der Waals surface area contributed by atoms with Gasteiger partial charge in [0.05, 0.1) is 0 Å². The average Bonchev–Trinajstić information content (AvgIpc) is 3.27. The molecule has 0 saturated carbocycles. The summed E-state index contributed by atoms with van der Waals surface area (Å²) in [6, 6.07) is 5.15. The number of aryl methyl sites for hydroxylation is 1. The smallest absolute Gasteiger partial charge is 0.246 e. The van der Waals surface area contributed by atoms with Gasteiger partial charge in [-0.1, -0.05) is 18.1 Å². The fourth-order valence-corrected chi connectivity index (χ4v) is 2.92. The number of ether oxygens (including phenoxy) is 2. The van der Waals surface area contributed by atoms with Crippen molar-refractivity contribution in [2.45, 2.75) is 32.9 Å². The lowest BCUT2D eigenvalue weighted by atomic mass is 10.0. The summed E-state index contributed by atoms with van der Waals surface area (Å²) in [5.74, 6) is 2.41. The molecule has 26 heavy (non-hydrogen) atoms. The SMILES string of the molecule is CCc1noc(CN(CC)C(=O)C(c2ccc3c(c2)OCO3)N(C)C)n1. The van der Waals surface area contributed by atoms with Crippen LogP contribution in [0.1, 0.15) is 37.2 Å². The van der Waals surface area contributed by atoms with E-state index in [4.69, 9.17) is 14.0 Å². The Labute approximate surface area is 152 Å². The van der Waals surface area contributed by atoms with Gasteiger partial charge in [-0.15, -0.1) is 0 Å². The van der Waals surface area contributed by atoms with Gasteiger partial charge in [0.15, 0.2) is 17.3 Å². The number of rotatable bonds is 7.